The molecule has 0 saturated carbocycles. The van der Waals surface area contributed by atoms with Gasteiger partial charge in [-0.15, -0.1) is 0 Å². The van der Waals surface area contributed by atoms with Crippen LogP contribution in [0.4, 0.5) is 0 Å². The first-order valence-electron chi connectivity index (χ1n) is 3.08. The van der Waals surface area contributed by atoms with E-state index in [2.05, 4.69) is 0 Å². The van der Waals surface area contributed by atoms with Crippen LogP contribution >= 0.6 is 0 Å². The van der Waals surface area contributed by atoms with Gasteiger partial charge >= 0.3 is 0 Å². The molecule has 0 aromatic carbocycles. The van der Waals surface area contributed by atoms with Crippen molar-refractivity contribution in [1.82, 2.24) is 0 Å². The maximum Gasteiger partial charge on any atom is 0.191 e. The van der Waals surface area contributed by atoms with Crippen LogP contribution < -0.4 is 0 Å². The molecular weight excluding hydrogens is 132 g/mol. The van der Waals surface area contributed by atoms with Crippen molar-refractivity contribution >= 4 is 0 Å². The lowest BCUT2D eigenvalue weighted by molar-refractivity contribution is -0.156. The summed E-state index contributed by atoms with van der Waals surface area (Å²) in [5, 5.41) is 26.8. The van der Waals surface area contributed by atoms with Crippen LogP contribution in [0.15, 0.2) is 24.3 Å². The monoisotopic (exact) mass is 142 g/mol. The normalized spacial score (nSPS) is 28.9. The molecule has 3 N–H and O–H groups in total. The number of hydrogen-bond acceptors (Lipinski definition) is 3. The van der Waals surface area contributed by atoms with Gasteiger partial charge < -0.3 is 15.3 Å². The van der Waals surface area contributed by atoms with Gasteiger partial charge in [0.2, 0.25) is 0 Å². The number of hydrogen-bond donors (Lipinski definition) is 3. The van der Waals surface area contributed by atoms with E-state index >= 15 is 0 Å². The summed E-state index contributed by atoms with van der Waals surface area (Å²) >= 11 is 0. The van der Waals surface area contributed by atoms with Gasteiger partial charge in [0.05, 0.1) is 12.5 Å². The van der Waals surface area contributed by atoms with E-state index in [4.69, 9.17) is 15.3 Å². The van der Waals surface area contributed by atoms with Crippen molar-refractivity contribution in [3.8, 4) is 0 Å². The summed E-state index contributed by atoms with van der Waals surface area (Å²) in [7, 11) is 0. The van der Waals surface area contributed by atoms with Crippen LogP contribution in [0.5, 0.6) is 0 Å². The summed E-state index contributed by atoms with van der Waals surface area (Å²) in [6, 6.07) is 0. The molecule has 1 atom stereocenters. The Labute approximate surface area is 58.9 Å². The molecule has 10 heavy (non-hydrogen) atoms. The largest absolute Gasteiger partial charge is 0.396 e. The van der Waals surface area contributed by atoms with Crippen molar-refractivity contribution in [2.24, 2.45) is 5.92 Å². The highest BCUT2D eigenvalue weighted by molar-refractivity contribution is 5.17. The summed E-state index contributed by atoms with van der Waals surface area (Å²) in [4.78, 5) is 0. The molecule has 0 spiro atoms. The average molecular weight is 142 g/mol. The van der Waals surface area contributed by atoms with Crippen LogP contribution in [-0.2, 0) is 0 Å². The molecule has 1 rings (SSSR count). The highest BCUT2D eigenvalue weighted by Crippen LogP contribution is 2.20. The SMILES string of the molecule is OCC1C=CC=CC1(O)O. The van der Waals surface area contributed by atoms with Gasteiger partial charge in [0.15, 0.2) is 5.79 Å². The molecule has 1 aliphatic carbocycles. The first-order chi connectivity index (χ1) is 4.67. The van der Waals surface area contributed by atoms with Gasteiger partial charge in [0, 0.05) is 0 Å². The molecule has 3 heteroatoms. The van der Waals surface area contributed by atoms with Crippen molar-refractivity contribution in [1.29, 1.82) is 0 Å². The average Bonchev–Trinajstić information content (AvgIpc) is 1.87. The first kappa shape index (κ1) is 7.47. The fourth-order valence-corrected chi connectivity index (χ4v) is 0.856. The minimum absolute atomic E-state index is 0.256. The lowest BCUT2D eigenvalue weighted by Gasteiger charge is -2.26. The molecule has 0 heterocycles. The quantitative estimate of drug-likeness (QED) is 0.428. The molecule has 0 fully saturated rings. The lowest BCUT2D eigenvalue weighted by Crippen LogP contribution is -2.37. The van der Waals surface area contributed by atoms with Crippen molar-refractivity contribution in [3.05, 3.63) is 24.3 Å². The number of allylic oxidation sites excluding steroid dienone is 2. The molecule has 0 amide bonds. The van der Waals surface area contributed by atoms with E-state index in [0.717, 1.165) is 0 Å². The molecule has 0 aromatic heterocycles. The zero-order valence-electron chi connectivity index (χ0n) is 5.44. The summed E-state index contributed by atoms with van der Waals surface area (Å²) in [5.41, 5.74) is 0. The highest BCUT2D eigenvalue weighted by atomic mass is 16.5. The van der Waals surface area contributed by atoms with Crippen LogP contribution in [0.25, 0.3) is 0 Å². The molecular formula is C7H10O3. The maximum atomic E-state index is 9.09. The number of rotatable bonds is 1. The Morgan fingerprint density at radius 2 is 2.00 bits per heavy atom. The van der Waals surface area contributed by atoms with E-state index in [-0.39, 0.29) is 6.61 Å². The third-order valence-corrected chi connectivity index (χ3v) is 1.54. The Balaban J connectivity index is 2.74. The molecule has 0 bridgehead atoms. The topological polar surface area (TPSA) is 60.7 Å². The number of aliphatic hydroxyl groups excluding tert-OH is 1. The van der Waals surface area contributed by atoms with Gasteiger partial charge in [0.25, 0.3) is 0 Å². The molecule has 1 aliphatic rings. The summed E-state index contributed by atoms with van der Waals surface area (Å²) in [5.74, 6) is -2.47. The smallest absolute Gasteiger partial charge is 0.191 e. The fraction of sp³-hybridized carbons (Fsp3) is 0.429. The van der Waals surface area contributed by atoms with Gasteiger partial charge in [-0.1, -0.05) is 18.2 Å². The molecule has 3 nitrogen and oxygen atoms in total. The molecule has 0 radical (unpaired) electrons. The summed E-state index contributed by atoms with van der Waals surface area (Å²) < 4.78 is 0. The van der Waals surface area contributed by atoms with E-state index in [9.17, 15) is 0 Å². The Morgan fingerprint density at radius 3 is 2.40 bits per heavy atom. The molecule has 0 aromatic rings. The predicted molar refractivity (Wildman–Crippen MR) is 36.0 cm³/mol. The van der Waals surface area contributed by atoms with Crippen molar-refractivity contribution in [2.45, 2.75) is 5.79 Å². The van der Waals surface area contributed by atoms with Crippen LogP contribution in [-0.4, -0.2) is 27.7 Å². The van der Waals surface area contributed by atoms with Gasteiger partial charge in [-0.2, -0.15) is 0 Å². The third kappa shape index (κ3) is 1.26. The van der Waals surface area contributed by atoms with E-state index in [1.165, 1.54) is 12.2 Å². The van der Waals surface area contributed by atoms with E-state index in [1.807, 2.05) is 0 Å². The zero-order chi connectivity index (χ0) is 7.61. The molecule has 56 valence electrons. The minimum atomic E-state index is -1.87. The third-order valence-electron chi connectivity index (χ3n) is 1.54. The van der Waals surface area contributed by atoms with Crippen LogP contribution in [0.2, 0.25) is 0 Å². The van der Waals surface area contributed by atoms with E-state index in [0.29, 0.717) is 0 Å². The minimum Gasteiger partial charge on any atom is -0.396 e. The number of aliphatic hydroxyl groups is 3. The van der Waals surface area contributed by atoms with Crippen molar-refractivity contribution in [3.63, 3.8) is 0 Å². The Hall–Kier alpha value is -0.640. The van der Waals surface area contributed by atoms with Gasteiger partial charge in [0.1, 0.15) is 0 Å². The Morgan fingerprint density at radius 1 is 1.30 bits per heavy atom. The summed E-state index contributed by atoms with van der Waals surface area (Å²) in [6.45, 7) is -0.256. The highest BCUT2D eigenvalue weighted by Gasteiger charge is 2.30. The van der Waals surface area contributed by atoms with Crippen LogP contribution in [0, 0.1) is 5.92 Å². The molecule has 0 aliphatic heterocycles. The van der Waals surface area contributed by atoms with Gasteiger partial charge in [-0.3, -0.25) is 0 Å². The standard InChI is InChI=1S/C7H10O3/c8-5-6-3-1-2-4-7(6,9)10/h1-4,6,8-10H,5H2. The second-order valence-electron chi connectivity index (χ2n) is 2.32. The lowest BCUT2D eigenvalue weighted by atomic mass is 9.95. The fourth-order valence-electron chi connectivity index (χ4n) is 0.856. The Kier molecular flexibility index (Phi) is 1.89. The predicted octanol–water partition coefficient (Wildman–Crippen LogP) is -0.598. The van der Waals surface area contributed by atoms with Gasteiger partial charge in [-0.05, 0) is 6.08 Å². The molecule has 0 saturated heterocycles. The zero-order valence-corrected chi connectivity index (χ0v) is 5.44. The van der Waals surface area contributed by atoms with Crippen LogP contribution in [0.3, 0.4) is 0 Å². The van der Waals surface area contributed by atoms with Crippen molar-refractivity contribution < 1.29 is 15.3 Å². The second-order valence-corrected chi connectivity index (χ2v) is 2.32. The maximum absolute atomic E-state index is 9.09. The first-order valence-corrected chi connectivity index (χ1v) is 3.08. The molecule has 1 unspecified atom stereocenters. The van der Waals surface area contributed by atoms with Crippen molar-refractivity contribution in [2.75, 3.05) is 6.61 Å². The summed E-state index contributed by atoms with van der Waals surface area (Å²) in [6.07, 6.45) is 6.01. The van der Waals surface area contributed by atoms with Crippen LogP contribution in [0.1, 0.15) is 0 Å². The Bertz CT molecular complexity index is 170. The van der Waals surface area contributed by atoms with E-state index < -0.39 is 11.7 Å². The second kappa shape index (κ2) is 2.54. The van der Waals surface area contributed by atoms with E-state index in [1.54, 1.807) is 12.2 Å². The van der Waals surface area contributed by atoms with Gasteiger partial charge in [-0.25, -0.2) is 0 Å².